The fourth-order valence-corrected chi connectivity index (χ4v) is 3.57. The fraction of sp³-hybridized carbons (Fsp3) is 0.562. The van der Waals surface area contributed by atoms with Gasteiger partial charge in [0.25, 0.3) is 5.92 Å². The highest BCUT2D eigenvalue weighted by molar-refractivity contribution is 5.85. The van der Waals surface area contributed by atoms with Crippen LogP contribution < -0.4 is 5.32 Å². The number of rotatable bonds is 3. The molecule has 120 valence electrons. The minimum atomic E-state index is -2.84. The Kier molecular flexibility index (Phi) is 3.91. The number of likely N-dealkylation sites (tertiary alicyclic amines) is 1. The largest absolute Gasteiger partial charge is 0.392 e. The van der Waals surface area contributed by atoms with Crippen LogP contribution in [0.3, 0.4) is 0 Å². The molecule has 6 heteroatoms. The Hall–Kier alpha value is -1.53. The van der Waals surface area contributed by atoms with E-state index in [1.807, 2.05) is 12.1 Å². The molecule has 0 aliphatic carbocycles. The van der Waals surface area contributed by atoms with Crippen molar-refractivity contribution >= 4 is 5.91 Å². The second kappa shape index (κ2) is 5.59. The summed E-state index contributed by atoms with van der Waals surface area (Å²) in [4.78, 5) is 13.7. The molecule has 1 aromatic carbocycles. The molecule has 2 fully saturated rings. The first-order valence-electron chi connectivity index (χ1n) is 7.50. The Morgan fingerprint density at radius 2 is 1.86 bits per heavy atom. The van der Waals surface area contributed by atoms with Crippen LogP contribution in [-0.4, -0.2) is 41.5 Å². The van der Waals surface area contributed by atoms with E-state index in [9.17, 15) is 13.6 Å². The van der Waals surface area contributed by atoms with Gasteiger partial charge < -0.3 is 10.4 Å². The van der Waals surface area contributed by atoms with Crippen molar-refractivity contribution < 1.29 is 18.7 Å². The quantitative estimate of drug-likeness (QED) is 0.890. The first-order valence-corrected chi connectivity index (χ1v) is 7.50. The lowest BCUT2D eigenvalue weighted by molar-refractivity contribution is -0.149. The summed E-state index contributed by atoms with van der Waals surface area (Å²) < 4.78 is 28.2. The van der Waals surface area contributed by atoms with Crippen molar-refractivity contribution in [1.82, 2.24) is 10.2 Å². The maximum absolute atomic E-state index is 14.1. The van der Waals surface area contributed by atoms with E-state index in [-0.39, 0.29) is 25.5 Å². The number of alkyl halides is 2. The first-order chi connectivity index (χ1) is 10.4. The van der Waals surface area contributed by atoms with E-state index in [1.54, 1.807) is 17.0 Å². The van der Waals surface area contributed by atoms with E-state index in [1.165, 1.54) is 0 Å². The molecule has 3 rings (SSSR count). The monoisotopic (exact) mass is 310 g/mol. The van der Waals surface area contributed by atoms with Crippen LogP contribution in [0.4, 0.5) is 8.78 Å². The molecular weight excluding hydrogens is 290 g/mol. The number of nitrogens with zero attached hydrogens (tertiary/aromatic N) is 1. The third-order valence-corrected chi connectivity index (χ3v) is 4.56. The van der Waals surface area contributed by atoms with Crippen LogP contribution in [0.2, 0.25) is 0 Å². The number of piperidine rings is 1. The summed E-state index contributed by atoms with van der Waals surface area (Å²) >= 11 is 0. The summed E-state index contributed by atoms with van der Waals surface area (Å²) in [5.74, 6) is -3.09. The molecule has 1 spiro atoms. The van der Waals surface area contributed by atoms with Crippen LogP contribution in [-0.2, 0) is 17.9 Å². The molecule has 2 heterocycles. The van der Waals surface area contributed by atoms with Crippen molar-refractivity contribution in [3.8, 4) is 0 Å². The Bertz CT molecular complexity index is 562. The lowest BCUT2D eigenvalue weighted by Crippen LogP contribution is -2.54. The van der Waals surface area contributed by atoms with Gasteiger partial charge >= 0.3 is 0 Å². The molecule has 0 saturated carbocycles. The molecule has 2 aliphatic heterocycles. The van der Waals surface area contributed by atoms with Crippen molar-refractivity contribution in [2.24, 2.45) is 5.41 Å². The van der Waals surface area contributed by atoms with Gasteiger partial charge in [-0.1, -0.05) is 24.3 Å². The second-order valence-corrected chi connectivity index (χ2v) is 6.44. The summed E-state index contributed by atoms with van der Waals surface area (Å²) in [7, 11) is 0. The van der Waals surface area contributed by atoms with E-state index < -0.39 is 11.3 Å². The van der Waals surface area contributed by atoms with Crippen molar-refractivity contribution in [2.75, 3.05) is 19.6 Å². The highest BCUT2D eigenvalue weighted by Crippen LogP contribution is 2.43. The molecule has 1 atom stereocenters. The second-order valence-electron chi connectivity index (χ2n) is 6.44. The molecule has 0 radical (unpaired) electrons. The lowest BCUT2D eigenvalue weighted by Gasteiger charge is -2.42. The number of benzene rings is 1. The number of amides is 1. The molecule has 0 unspecified atom stereocenters. The molecule has 0 aromatic heterocycles. The molecule has 2 saturated heterocycles. The minimum absolute atomic E-state index is 0.0364. The van der Waals surface area contributed by atoms with Gasteiger partial charge in [0.15, 0.2) is 0 Å². The molecule has 1 aromatic rings. The van der Waals surface area contributed by atoms with Gasteiger partial charge in [-0.3, -0.25) is 9.69 Å². The normalized spacial score (nSPS) is 28.0. The molecule has 2 N–H and O–H groups in total. The van der Waals surface area contributed by atoms with Gasteiger partial charge in [0.2, 0.25) is 5.91 Å². The number of aliphatic hydroxyl groups is 1. The van der Waals surface area contributed by atoms with Gasteiger partial charge in [-0.15, -0.1) is 0 Å². The first kappa shape index (κ1) is 15.4. The number of carbonyl (C=O) groups is 1. The Morgan fingerprint density at radius 3 is 2.45 bits per heavy atom. The van der Waals surface area contributed by atoms with Crippen LogP contribution in [0.15, 0.2) is 24.3 Å². The van der Waals surface area contributed by atoms with Gasteiger partial charge in [0, 0.05) is 26.1 Å². The summed E-state index contributed by atoms with van der Waals surface area (Å²) in [6.45, 7) is 0.885. The minimum Gasteiger partial charge on any atom is -0.392 e. The third-order valence-electron chi connectivity index (χ3n) is 4.56. The van der Waals surface area contributed by atoms with Crippen LogP contribution in [0.25, 0.3) is 0 Å². The number of hydrogen-bond donors (Lipinski definition) is 2. The highest BCUT2D eigenvalue weighted by Gasteiger charge is 2.54. The van der Waals surface area contributed by atoms with Gasteiger partial charge in [-0.25, -0.2) is 8.78 Å². The maximum Gasteiger partial charge on any atom is 0.261 e. The van der Waals surface area contributed by atoms with E-state index >= 15 is 0 Å². The number of nitrogens with one attached hydrogen (secondary N) is 1. The van der Waals surface area contributed by atoms with Gasteiger partial charge in [-0.2, -0.15) is 0 Å². The summed E-state index contributed by atoms with van der Waals surface area (Å²) in [6, 6.07) is 7.24. The zero-order valence-corrected chi connectivity index (χ0v) is 12.3. The average Bonchev–Trinajstić information content (AvgIpc) is 2.78. The van der Waals surface area contributed by atoms with Crippen molar-refractivity contribution in [3.63, 3.8) is 0 Å². The van der Waals surface area contributed by atoms with Crippen molar-refractivity contribution in [3.05, 3.63) is 35.4 Å². The molecule has 22 heavy (non-hydrogen) atoms. The van der Waals surface area contributed by atoms with Gasteiger partial charge in [-0.05, 0) is 17.5 Å². The Balaban J connectivity index is 1.76. The van der Waals surface area contributed by atoms with E-state index in [2.05, 4.69) is 5.32 Å². The molecule has 2 aliphatic rings. The van der Waals surface area contributed by atoms with Crippen LogP contribution >= 0.6 is 0 Å². The summed E-state index contributed by atoms with van der Waals surface area (Å²) in [6.07, 6.45) is 0.118. The average molecular weight is 310 g/mol. The molecule has 4 nitrogen and oxygen atoms in total. The molecule has 1 amide bonds. The zero-order valence-electron chi connectivity index (χ0n) is 12.3. The van der Waals surface area contributed by atoms with Crippen LogP contribution in [0.1, 0.15) is 24.0 Å². The van der Waals surface area contributed by atoms with Gasteiger partial charge in [0.1, 0.15) is 0 Å². The molecule has 0 bridgehead atoms. The van der Waals surface area contributed by atoms with Crippen molar-refractivity contribution in [2.45, 2.75) is 31.9 Å². The van der Waals surface area contributed by atoms with Crippen LogP contribution in [0.5, 0.6) is 0 Å². The standard InChI is InChI=1S/C16H20F2N2O2/c17-16(18)9-15(5-6-19-14(15)22)10-20(11-16)7-12-1-3-13(8-21)4-2-12/h1-4,21H,5-11H2,(H,19,22)/t15-/m1/s1. The zero-order chi connectivity index (χ0) is 15.8. The Morgan fingerprint density at radius 1 is 1.18 bits per heavy atom. The van der Waals surface area contributed by atoms with Crippen molar-refractivity contribution in [1.29, 1.82) is 0 Å². The van der Waals surface area contributed by atoms with E-state index in [0.717, 1.165) is 11.1 Å². The molecular formula is C16H20F2N2O2. The summed E-state index contributed by atoms with van der Waals surface area (Å²) in [5, 5.41) is 11.7. The highest BCUT2D eigenvalue weighted by atomic mass is 19.3. The fourth-order valence-electron chi connectivity index (χ4n) is 3.57. The number of aliphatic hydroxyl groups excluding tert-OH is 1. The van der Waals surface area contributed by atoms with E-state index in [4.69, 9.17) is 5.11 Å². The third kappa shape index (κ3) is 2.98. The van der Waals surface area contributed by atoms with E-state index in [0.29, 0.717) is 26.1 Å². The van der Waals surface area contributed by atoms with Gasteiger partial charge in [0.05, 0.1) is 18.6 Å². The number of halogens is 2. The number of carbonyl (C=O) groups excluding carboxylic acids is 1. The summed E-state index contributed by atoms with van der Waals surface area (Å²) in [5.41, 5.74) is 0.745. The number of hydrogen-bond acceptors (Lipinski definition) is 3. The Labute approximate surface area is 128 Å². The smallest absolute Gasteiger partial charge is 0.261 e. The SMILES string of the molecule is O=C1NCC[C@@]12CN(Cc1ccc(CO)cc1)CC(F)(F)C2. The predicted octanol–water partition coefficient (Wildman–Crippen LogP) is 1.53. The topological polar surface area (TPSA) is 52.6 Å². The van der Waals surface area contributed by atoms with Crippen LogP contribution in [0, 0.1) is 5.41 Å². The maximum atomic E-state index is 14.1. The lowest BCUT2D eigenvalue weighted by atomic mass is 9.77. The predicted molar refractivity (Wildman–Crippen MR) is 77.3 cm³/mol.